The number of hydrogen-bond donors (Lipinski definition) is 2. The SMILES string of the molecule is Cc1cc(F)c(CNC(=O)Nc2nc(C)no2)c(F)c1. The van der Waals surface area contributed by atoms with Crippen LogP contribution in [0.3, 0.4) is 0 Å². The molecule has 2 aromatic rings. The number of nitrogens with zero attached hydrogens (tertiary/aromatic N) is 2. The van der Waals surface area contributed by atoms with Gasteiger partial charge in [-0.05, 0) is 31.5 Å². The number of halogens is 2. The van der Waals surface area contributed by atoms with Crippen LogP contribution in [0.4, 0.5) is 19.6 Å². The molecule has 2 rings (SSSR count). The van der Waals surface area contributed by atoms with Crippen LogP contribution in [0.5, 0.6) is 0 Å². The predicted molar refractivity (Wildman–Crippen MR) is 66.0 cm³/mol. The molecule has 0 aliphatic rings. The van der Waals surface area contributed by atoms with Crippen molar-refractivity contribution in [2.45, 2.75) is 20.4 Å². The summed E-state index contributed by atoms with van der Waals surface area (Å²) >= 11 is 0. The summed E-state index contributed by atoms with van der Waals surface area (Å²) in [6, 6.07) is 1.59. The molecule has 6 nitrogen and oxygen atoms in total. The number of benzene rings is 1. The number of carbonyl (C=O) groups excluding carboxylic acids is 1. The van der Waals surface area contributed by atoms with Crippen LogP contribution in [-0.4, -0.2) is 16.2 Å². The molecule has 0 atom stereocenters. The zero-order chi connectivity index (χ0) is 14.7. The lowest BCUT2D eigenvalue weighted by Crippen LogP contribution is -2.29. The maximum absolute atomic E-state index is 13.5. The van der Waals surface area contributed by atoms with Gasteiger partial charge in [-0.25, -0.2) is 13.6 Å². The maximum atomic E-state index is 13.5. The maximum Gasteiger partial charge on any atom is 0.329 e. The second-order valence-electron chi connectivity index (χ2n) is 4.16. The number of nitrogens with one attached hydrogen (secondary N) is 2. The minimum Gasteiger partial charge on any atom is -0.333 e. The summed E-state index contributed by atoms with van der Waals surface area (Å²) in [4.78, 5) is 15.2. The number of anilines is 1. The van der Waals surface area contributed by atoms with E-state index in [1.807, 2.05) is 0 Å². The molecule has 1 aromatic carbocycles. The number of hydrogen-bond acceptors (Lipinski definition) is 4. The Morgan fingerprint density at radius 1 is 1.30 bits per heavy atom. The number of amides is 2. The van der Waals surface area contributed by atoms with E-state index in [0.29, 0.717) is 11.4 Å². The third-order valence-electron chi connectivity index (χ3n) is 2.46. The van der Waals surface area contributed by atoms with Gasteiger partial charge in [0.2, 0.25) is 0 Å². The molecule has 8 heteroatoms. The molecule has 0 aliphatic carbocycles. The van der Waals surface area contributed by atoms with Crippen LogP contribution in [0.25, 0.3) is 0 Å². The Morgan fingerprint density at radius 3 is 2.50 bits per heavy atom. The topological polar surface area (TPSA) is 80.0 Å². The molecular weight excluding hydrogens is 270 g/mol. The van der Waals surface area contributed by atoms with Gasteiger partial charge in [-0.15, -0.1) is 0 Å². The highest BCUT2D eigenvalue weighted by atomic mass is 19.1. The Balaban J connectivity index is 1.97. The van der Waals surface area contributed by atoms with E-state index >= 15 is 0 Å². The van der Waals surface area contributed by atoms with Gasteiger partial charge >= 0.3 is 12.0 Å². The predicted octanol–water partition coefficient (Wildman–Crippen LogP) is 2.29. The molecule has 106 valence electrons. The largest absolute Gasteiger partial charge is 0.333 e. The molecule has 0 saturated carbocycles. The zero-order valence-corrected chi connectivity index (χ0v) is 10.8. The van der Waals surface area contributed by atoms with Crippen molar-refractivity contribution >= 4 is 12.0 Å². The lowest BCUT2D eigenvalue weighted by molar-refractivity contribution is 0.250. The Hall–Kier alpha value is -2.51. The molecule has 0 bridgehead atoms. The average molecular weight is 282 g/mol. The van der Waals surface area contributed by atoms with Gasteiger partial charge in [0.15, 0.2) is 5.82 Å². The fourth-order valence-corrected chi connectivity index (χ4v) is 1.56. The fourth-order valence-electron chi connectivity index (χ4n) is 1.56. The Bertz CT molecular complexity index is 619. The molecule has 0 saturated heterocycles. The van der Waals surface area contributed by atoms with Crippen LogP contribution in [-0.2, 0) is 6.54 Å². The van der Waals surface area contributed by atoms with Crippen molar-refractivity contribution in [3.63, 3.8) is 0 Å². The molecule has 20 heavy (non-hydrogen) atoms. The summed E-state index contributed by atoms with van der Waals surface area (Å²) < 4.78 is 31.7. The van der Waals surface area contributed by atoms with E-state index in [2.05, 4.69) is 25.3 Å². The van der Waals surface area contributed by atoms with Gasteiger partial charge in [0.05, 0.1) is 6.54 Å². The normalized spacial score (nSPS) is 10.4. The van der Waals surface area contributed by atoms with Crippen molar-refractivity contribution in [2.24, 2.45) is 0 Å². The highest BCUT2D eigenvalue weighted by Crippen LogP contribution is 2.14. The molecule has 0 fully saturated rings. The first-order valence-electron chi connectivity index (χ1n) is 5.75. The molecular formula is C12H12F2N4O2. The number of rotatable bonds is 3. The number of aromatic nitrogens is 2. The monoisotopic (exact) mass is 282 g/mol. The van der Waals surface area contributed by atoms with Crippen molar-refractivity contribution in [1.29, 1.82) is 0 Å². The van der Waals surface area contributed by atoms with Crippen LogP contribution in [0, 0.1) is 25.5 Å². The van der Waals surface area contributed by atoms with Gasteiger partial charge in [0.25, 0.3) is 0 Å². The summed E-state index contributed by atoms with van der Waals surface area (Å²) in [5.41, 5.74) is 0.252. The minimum atomic E-state index is -0.712. The molecule has 1 aromatic heterocycles. The van der Waals surface area contributed by atoms with Crippen molar-refractivity contribution in [3.8, 4) is 0 Å². The molecule has 0 spiro atoms. The molecule has 0 radical (unpaired) electrons. The highest BCUT2D eigenvalue weighted by Gasteiger charge is 2.12. The zero-order valence-electron chi connectivity index (χ0n) is 10.8. The molecule has 2 N–H and O–H groups in total. The van der Waals surface area contributed by atoms with E-state index in [-0.39, 0.29) is 18.1 Å². The highest BCUT2D eigenvalue weighted by molar-refractivity contribution is 5.86. The van der Waals surface area contributed by atoms with Crippen molar-refractivity contribution < 1.29 is 18.1 Å². The first-order valence-corrected chi connectivity index (χ1v) is 5.75. The summed E-state index contributed by atoms with van der Waals surface area (Å²) in [6.07, 6.45) is 0. The standard InChI is InChI=1S/C12H12F2N4O2/c1-6-3-9(13)8(10(14)4-6)5-15-11(19)17-12-16-7(2)18-20-12/h3-4H,5H2,1-2H3,(H2,15,16,17,18,19). The molecule has 0 aliphatic heterocycles. The van der Waals surface area contributed by atoms with E-state index in [1.165, 1.54) is 12.1 Å². The minimum absolute atomic E-state index is 0.0927. The van der Waals surface area contributed by atoms with Crippen molar-refractivity contribution in [3.05, 3.63) is 40.7 Å². The fraction of sp³-hybridized carbons (Fsp3) is 0.250. The second kappa shape index (κ2) is 5.64. The van der Waals surface area contributed by atoms with E-state index in [0.717, 1.165) is 0 Å². The van der Waals surface area contributed by atoms with Crippen molar-refractivity contribution in [2.75, 3.05) is 5.32 Å². The van der Waals surface area contributed by atoms with Gasteiger partial charge in [-0.1, -0.05) is 5.16 Å². The Labute approximate surface area is 113 Å². The number of aryl methyl sites for hydroxylation is 2. The van der Waals surface area contributed by atoms with Crippen LogP contribution in [0.1, 0.15) is 17.0 Å². The third-order valence-corrected chi connectivity index (χ3v) is 2.46. The smallest absolute Gasteiger partial charge is 0.329 e. The van der Waals surface area contributed by atoms with E-state index in [9.17, 15) is 13.6 Å². The molecule has 1 heterocycles. The van der Waals surface area contributed by atoms with E-state index in [1.54, 1.807) is 13.8 Å². The van der Waals surface area contributed by atoms with Gasteiger partial charge in [0.1, 0.15) is 11.6 Å². The quantitative estimate of drug-likeness (QED) is 0.905. The summed E-state index contributed by atoms with van der Waals surface area (Å²) in [5.74, 6) is -1.07. The van der Waals surface area contributed by atoms with Gasteiger partial charge < -0.3 is 9.84 Å². The lowest BCUT2D eigenvalue weighted by atomic mass is 10.1. The second-order valence-corrected chi connectivity index (χ2v) is 4.16. The molecule has 2 amide bonds. The molecule has 0 unspecified atom stereocenters. The number of urea groups is 1. The van der Waals surface area contributed by atoms with Gasteiger partial charge in [-0.3, -0.25) is 5.32 Å². The summed E-state index contributed by atoms with van der Waals surface area (Å²) in [7, 11) is 0. The van der Waals surface area contributed by atoms with E-state index < -0.39 is 17.7 Å². The van der Waals surface area contributed by atoms with Crippen LogP contribution >= 0.6 is 0 Å². The van der Waals surface area contributed by atoms with Crippen LogP contribution in [0.15, 0.2) is 16.7 Å². The Kier molecular flexibility index (Phi) is 3.92. The lowest BCUT2D eigenvalue weighted by Gasteiger charge is -2.08. The number of carbonyl (C=O) groups is 1. The van der Waals surface area contributed by atoms with Crippen LogP contribution in [0.2, 0.25) is 0 Å². The van der Waals surface area contributed by atoms with E-state index in [4.69, 9.17) is 0 Å². The van der Waals surface area contributed by atoms with Crippen LogP contribution < -0.4 is 10.6 Å². The first kappa shape index (κ1) is 13.9. The van der Waals surface area contributed by atoms with Crippen molar-refractivity contribution in [1.82, 2.24) is 15.5 Å². The van der Waals surface area contributed by atoms with Gasteiger partial charge in [0, 0.05) is 5.56 Å². The average Bonchev–Trinajstić information content (AvgIpc) is 2.73. The summed E-state index contributed by atoms with van der Waals surface area (Å²) in [6.45, 7) is 2.87. The first-order chi connectivity index (χ1) is 9.45. The Morgan fingerprint density at radius 2 is 1.95 bits per heavy atom. The van der Waals surface area contributed by atoms with Gasteiger partial charge in [-0.2, -0.15) is 4.98 Å². The third kappa shape index (κ3) is 3.28. The summed E-state index contributed by atoms with van der Waals surface area (Å²) in [5, 5.41) is 8.03.